The first-order chi connectivity index (χ1) is 9.34. The molecule has 0 saturated heterocycles. The standard InChI is InChI=1S/C17H12NO/c19-18-16-8-4-2-6-13(16)11-14-10-9-12-5-1-3-7-15(12)17(14)18/h1-10H,11H2/q+1. The van der Waals surface area contributed by atoms with Gasteiger partial charge < -0.3 is 0 Å². The average molecular weight is 246 g/mol. The molecule has 2 heteroatoms. The molecule has 0 radical (unpaired) electrons. The minimum Gasteiger partial charge on any atom is -0.0616 e. The van der Waals surface area contributed by atoms with E-state index in [-0.39, 0.29) is 0 Å². The molecule has 1 aliphatic rings. The number of fused-ring (bicyclic) bond motifs is 4. The molecule has 0 N–H and O–H groups in total. The SMILES string of the molecule is O=[N+]1c2ccccc2Cc2ccc3ccccc3c21. The van der Waals surface area contributed by atoms with E-state index in [9.17, 15) is 4.91 Å². The summed E-state index contributed by atoms with van der Waals surface area (Å²) in [6, 6.07) is 20.0. The Morgan fingerprint density at radius 2 is 1.58 bits per heavy atom. The van der Waals surface area contributed by atoms with Gasteiger partial charge in [-0.3, -0.25) is 0 Å². The molecule has 0 atom stereocenters. The fraction of sp³-hybridized carbons (Fsp3) is 0.0588. The number of nitrogens with zero attached hydrogens (tertiary/aromatic N) is 1. The van der Waals surface area contributed by atoms with Gasteiger partial charge in [0.1, 0.15) is 0 Å². The second-order valence-corrected chi connectivity index (χ2v) is 4.89. The first-order valence-electron chi connectivity index (χ1n) is 6.40. The minimum absolute atomic E-state index is 0.770. The highest BCUT2D eigenvalue weighted by Gasteiger charge is 2.32. The Kier molecular flexibility index (Phi) is 2.06. The summed E-state index contributed by atoms with van der Waals surface area (Å²) in [6.45, 7) is 0. The maximum Gasteiger partial charge on any atom is 0.274 e. The normalized spacial score (nSPS) is 13.2. The first-order valence-corrected chi connectivity index (χ1v) is 6.40. The quantitative estimate of drug-likeness (QED) is 0.422. The van der Waals surface area contributed by atoms with Crippen molar-refractivity contribution in [1.29, 1.82) is 0 Å². The minimum atomic E-state index is 0.770. The van der Waals surface area contributed by atoms with Crippen molar-refractivity contribution in [1.82, 2.24) is 4.76 Å². The maximum absolute atomic E-state index is 12.6. The zero-order chi connectivity index (χ0) is 12.8. The van der Waals surface area contributed by atoms with E-state index in [1.807, 2.05) is 48.5 Å². The number of nitroso groups, excluding NO2 is 1. The highest BCUT2D eigenvalue weighted by Crippen LogP contribution is 2.39. The van der Waals surface area contributed by atoms with Crippen LogP contribution in [-0.4, -0.2) is 0 Å². The topological polar surface area (TPSA) is 20.1 Å². The molecule has 0 aliphatic carbocycles. The molecule has 3 aromatic rings. The zero-order valence-electron chi connectivity index (χ0n) is 10.3. The summed E-state index contributed by atoms with van der Waals surface area (Å²) in [5, 5.41) is 2.14. The van der Waals surface area contributed by atoms with Crippen molar-refractivity contribution in [3.05, 3.63) is 76.7 Å². The Labute approximate surface area is 110 Å². The molecular weight excluding hydrogens is 234 g/mol. The molecule has 0 amide bonds. The van der Waals surface area contributed by atoms with Crippen LogP contribution in [0.2, 0.25) is 0 Å². The van der Waals surface area contributed by atoms with Crippen molar-refractivity contribution in [2.75, 3.05) is 0 Å². The third kappa shape index (κ3) is 1.43. The summed E-state index contributed by atoms with van der Waals surface area (Å²) >= 11 is 0. The van der Waals surface area contributed by atoms with Gasteiger partial charge in [0.2, 0.25) is 0 Å². The fourth-order valence-electron chi connectivity index (χ4n) is 2.87. The fourth-order valence-corrected chi connectivity index (χ4v) is 2.87. The van der Waals surface area contributed by atoms with E-state index in [0.29, 0.717) is 0 Å². The van der Waals surface area contributed by atoms with Crippen LogP contribution in [0.1, 0.15) is 11.1 Å². The van der Waals surface area contributed by atoms with Crippen LogP contribution in [0.15, 0.2) is 60.7 Å². The molecule has 1 aliphatic heterocycles. The first kappa shape index (κ1) is 10.4. The number of rotatable bonds is 0. The molecule has 0 bridgehead atoms. The lowest BCUT2D eigenvalue weighted by atomic mass is 9.94. The molecule has 0 spiro atoms. The molecule has 90 valence electrons. The summed E-state index contributed by atoms with van der Waals surface area (Å²) in [5.41, 5.74) is 3.77. The van der Waals surface area contributed by atoms with E-state index in [1.54, 1.807) is 0 Å². The molecule has 2 nitrogen and oxygen atoms in total. The van der Waals surface area contributed by atoms with E-state index < -0.39 is 0 Å². The second-order valence-electron chi connectivity index (χ2n) is 4.89. The predicted octanol–water partition coefficient (Wildman–Crippen LogP) is 4.35. The number of benzene rings is 3. The third-order valence-electron chi connectivity index (χ3n) is 3.78. The molecule has 3 aromatic carbocycles. The molecule has 4 rings (SSSR count). The van der Waals surface area contributed by atoms with Crippen molar-refractivity contribution in [3.63, 3.8) is 0 Å². The highest BCUT2D eigenvalue weighted by atomic mass is 16.3. The van der Waals surface area contributed by atoms with E-state index >= 15 is 0 Å². The molecule has 1 heterocycles. The van der Waals surface area contributed by atoms with Crippen molar-refractivity contribution < 1.29 is 0 Å². The van der Waals surface area contributed by atoms with Crippen LogP contribution in [0, 0.1) is 4.91 Å². The van der Waals surface area contributed by atoms with Gasteiger partial charge in [-0.15, -0.1) is 0 Å². The van der Waals surface area contributed by atoms with Gasteiger partial charge >= 0.3 is 0 Å². The second kappa shape index (κ2) is 3.75. The molecule has 0 aromatic heterocycles. The van der Waals surface area contributed by atoms with Gasteiger partial charge in [0, 0.05) is 28.5 Å². The van der Waals surface area contributed by atoms with Crippen molar-refractivity contribution >= 4 is 22.1 Å². The van der Waals surface area contributed by atoms with Crippen LogP contribution < -0.4 is 4.76 Å². The van der Waals surface area contributed by atoms with Crippen LogP contribution >= 0.6 is 0 Å². The van der Waals surface area contributed by atoms with Gasteiger partial charge in [0.15, 0.2) is 0 Å². The highest BCUT2D eigenvalue weighted by molar-refractivity contribution is 5.96. The summed E-state index contributed by atoms with van der Waals surface area (Å²) in [6.07, 6.45) is 0.828. The molecule has 0 saturated carbocycles. The van der Waals surface area contributed by atoms with Gasteiger partial charge in [-0.25, -0.2) is 0 Å². The Bertz CT molecular complexity index is 820. The van der Waals surface area contributed by atoms with Crippen molar-refractivity contribution in [2.45, 2.75) is 6.42 Å². The van der Waals surface area contributed by atoms with Crippen molar-refractivity contribution in [3.8, 4) is 0 Å². The summed E-state index contributed by atoms with van der Waals surface area (Å²) in [5.74, 6) is 0. The molecule has 0 unspecified atom stereocenters. The van der Waals surface area contributed by atoms with E-state index in [1.165, 1.54) is 0 Å². The van der Waals surface area contributed by atoms with Gasteiger partial charge in [-0.05, 0) is 11.5 Å². The largest absolute Gasteiger partial charge is 0.274 e. The Morgan fingerprint density at radius 1 is 0.789 bits per heavy atom. The summed E-state index contributed by atoms with van der Waals surface area (Å²) in [7, 11) is 0. The van der Waals surface area contributed by atoms with Gasteiger partial charge in [-0.2, -0.15) is 0 Å². The van der Waals surface area contributed by atoms with Crippen LogP contribution in [0.25, 0.3) is 10.8 Å². The zero-order valence-corrected chi connectivity index (χ0v) is 10.3. The number of para-hydroxylation sites is 1. The van der Waals surface area contributed by atoms with Crippen LogP contribution in [0.5, 0.6) is 0 Å². The number of hydrogen-bond acceptors (Lipinski definition) is 1. The molecule has 0 fully saturated rings. The smallest absolute Gasteiger partial charge is 0.0616 e. The third-order valence-corrected chi connectivity index (χ3v) is 3.78. The van der Waals surface area contributed by atoms with Crippen molar-refractivity contribution in [2.24, 2.45) is 0 Å². The van der Waals surface area contributed by atoms with Gasteiger partial charge in [0.25, 0.3) is 11.4 Å². The van der Waals surface area contributed by atoms with Gasteiger partial charge in [0.05, 0.1) is 10.1 Å². The Hall–Kier alpha value is -2.48. The average Bonchev–Trinajstić information content (AvgIpc) is 2.47. The molecular formula is C17H12NO+. The van der Waals surface area contributed by atoms with Crippen LogP contribution in [0.4, 0.5) is 11.4 Å². The monoisotopic (exact) mass is 246 g/mol. The summed E-state index contributed by atoms with van der Waals surface area (Å²) < 4.78 is 1.08. The Balaban J connectivity index is 2.07. The van der Waals surface area contributed by atoms with Crippen LogP contribution in [-0.2, 0) is 6.42 Å². The van der Waals surface area contributed by atoms with Crippen LogP contribution in [0.3, 0.4) is 0 Å². The van der Waals surface area contributed by atoms with E-state index in [4.69, 9.17) is 0 Å². The summed E-state index contributed by atoms with van der Waals surface area (Å²) in [4.78, 5) is 12.6. The predicted molar refractivity (Wildman–Crippen MR) is 78.0 cm³/mol. The lowest BCUT2D eigenvalue weighted by Gasteiger charge is -2.12. The van der Waals surface area contributed by atoms with E-state index in [2.05, 4.69) is 12.1 Å². The lowest BCUT2D eigenvalue weighted by Crippen LogP contribution is -2.11. The van der Waals surface area contributed by atoms with Gasteiger partial charge in [-0.1, -0.05) is 48.5 Å². The lowest BCUT2D eigenvalue weighted by molar-refractivity contribution is 0.963. The molecule has 19 heavy (non-hydrogen) atoms. The van der Waals surface area contributed by atoms with E-state index in [0.717, 1.165) is 44.5 Å². The maximum atomic E-state index is 12.6. The Morgan fingerprint density at radius 3 is 2.53 bits per heavy atom. The number of hydrogen-bond donors (Lipinski definition) is 0.